The molecule has 0 radical (unpaired) electrons. The third-order valence-corrected chi connectivity index (χ3v) is 4.15. The number of non-ortho nitro benzene ring substituents is 1. The van der Waals surface area contributed by atoms with E-state index in [-0.39, 0.29) is 10.6 Å². The van der Waals surface area contributed by atoms with Gasteiger partial charge >= 0.3 is 0 Å². The fourth-order valence-electron chi connectivity index (χ4n) is 3.16. The highest BCUT2D eigenvalue weighted by atomic mass is 16.6. The molecule has 5 nitrogen and oxygen atoms in total. The second-order valence-corrected chi connectivity index (χ2v) is 5.27. The average molecular weight is 280 g/mol. The van der Waals surface area contributed by atoms with Gasteiger partial charge in [0.2, 0.25) is 0 Å². The summed E-state index contributed by atoms with van der Waals surface area (Å²) in [4.78, 5) is 13.9. The van der Waals surface area contributed by atoms with Gasteiger partial charge in [-0.3, -0.25) is 10.1 Å². The maximum Gasteiger partial charge on any atom is 0.270 e. The highest BCUT2D eigenvalue weighted by Crippen LogP contribution is 2.41. The molecule has 5 heteroatoms. The molecule has 1 aliphatic rings. The van der Waals surface area contributed by atoms with Crippen molar-refractivity contribution in [2.45, 2.75) is 12.8 Å². The summed E-state index contributed by atoms with van der Waals surface area (Å²) in [5.74, 6) is 0.308. The molecule has 1 aliphatic carbocycles. The third kappa shape index (κ3) is 1.64. The molecule has 0 fully saturated rings. The first-order valence-electron chi connectivity index (χ1n) is 6.75. The van der Waals surface area contributed by atoms with Gasteiger partial charge in [-0.05, 0) is 30.5 Å². The number of hydrogen-bond acceptors (Lipinski definition) is 3. The largest absolute Gasteiger partial charge is 0.508 e. The number of phenolic OH excluding ortho intramolecular Hbond substituents is 1. The zero-order valence-corrected chi connectivity index (χ0v) is 11.1. The van der Waals surface area contributed by atoms with Gasteiger partial charge in [0.05, 0.1) is 10.6 Å². The Bertz CT molecular complexity index is 896. The van der Waals surface area contributed by atoms with Gasteiger partial charge in [0.15, 0.2) is 0 Å². The molecule has 0 unspecified atom stereocenters. The van der Waals surface area contributed by atoms with Crippen molar-refractivity contribution in [2.24, 2.45) is 0 Å². The molecule has 2 N–H and O–H groups in total. The molecule has 0 atom stereocenters. The molecule has 0 spiro atoms. The summed E-state index contributed by atoms with van der Waals surface area (Å²) in [6.45, 7) is 0. The number of H-pyrrole nitrogens is 1. The predicted octanol–water partition coefficient (Wildman–Crippen LogP) is 3.55. The number of fused-ring (bicyclic) bond motifs is 5. The van der Waals surface area contributed by atoms with Crippen molar-refractivity contribution < 1.29 is 10.0 Å². The lowest BCUT2D eigenvalue weighted by Gasteiger charge is -2.17. The van der Waals surface area contributed by atoms with Crippen molar-refractivity contribution >= 4 is 16.6 Å². The van der Waals surface area contributed by atoms with Crippen LogP contribution in [0.15, 0.2) is 36.4 Å². The number of aromatic nitrogens is 1. The Hall–Kier alpha value is -2.82. The Balaban J connectivity index is 2.02. The fraction of sp³-hybridized carbons (Fsp3) is 0.125. The lowest BCUT2D eigenvalue weighted by Crippen LogP contribution is -2.02. The van der Waals surface area contributed by atoms with E-state index in [2.05, 4.69) is 4.98 Å². The second-order valence-electron chi connectivity index (χ2n) is 5.27. The first kappa shape index (κ1) is 12.0. The molecule has 104 valence electrons. The molecule has 3 aromatic rings. The van der Waals surface area contributed by atoms with Crippen LogP contribution in [0, 0.1) is 10.1 Å². The molecule has 0 bridgehead atoms. The summed E-state index contributed by atoms with van der Waals surface area (Å²) in [7, 11) is 0. The van der Waals surface area contributed by atoms with Crippen LogP contribution in [0.3, 0.4) is 0 Å². The van der Waals surface area contributed by atoms with E-state index in [0.717, 1.165) is 46.1 Å². The molecule has 0 saturated heterocycles. The van der Waals surface area contributed by atoms with Crippen LogP contribution in [-0.2, 0) is 12.8 Å². The van der Waals surface area contributed by atoms with Crippen molar-refractivity contribution in [1.82, 2.24) is 4.98 Å². The van der Waals surface area contributed by atoms with Crippen molar-refractivity contribution in [3.05, 3.63) is 57.6 Å². The van der Waals surface area contributed by atoms with Crippen LogP contribution < -0.4 is 0 Å². The van der Waals surface area contributed by atoms with E-state index in [1.54, 1.807) is 18.2 Å². The van der Waals surface area contributed by atoms with Crippen molar-refractivity contribution in [3.8, 4) is 17.0 Å². The molecule has 0 amide bonds. The first-order valence-corrected chi connectivity index (χ1v) is 6.75. The third-order valence-electron chi connectivity index (χ3n) is 4.15. The number of rotatable bonds is 1. The number of nitrogens with zero attached hydrogens (tertiary/aromatic N) is 1. The highest BCUT2D eigenvalue weighted by molar-refractivity contribution is 5.93. The van der Waals surface area contributed by atoms with E-state index in [1.807, 2.05) is 12.1 Å². The number of aromatic hydroxyl groups is 1. The molecule has 1 aromatic heterocycles. The van der Waals surface area contributed by atoms with E-state index in [4.69, 9.17) is 0 Å². The summed E-state index contributed by atoms with van der Waals surface area (Å²) in [5.41, 5.74) is 4.96. The molecular weight excluding hydrogens is 268 g/mol. The number of aryl methyl sites for hydroxylation is 1. The average Bonchev–Trinajstić information content (AvgIpc) is 2.85. The van der Waals surface area contributed by atoms with Gasteiger partial charge in [-0.15, -0.1) is 0 Å². The molecular formula is C16H12N2O3. The highest BCUT2D eigenvalue weighted by Gasteiger charge is 2.23. The smallest absolute Gasteiger partial charge is 0.270 e. The maximum atomic E-state index is 10.9. The van der Waals surface area contributed by atoms with Crippen LogP contribution in [0.1, 0.15) is 11.1 Å². The number of nitro benzene ring substituents is 1. The number of benzene rings is 2. The van der Waals surface area contributed by atoms with Crippen LogP contribution in [0.25, 0.3) is 22.2 Å². The number of hydrogen-bond donors (Lipinski definition) is 2. The van der Waals surface area contributed by atoms with Gasteiger partial charge in [0.25, 0.3) is 5.69 Å². The Morgan fingerprint density at radius 2 is 1.95 bits per heavy atom. The predicted molar refractivity (Wildman–Crippen MR) is 79.5 cm³/mol. The Kier molecular flexibility index (Phi) is 2.33. The van der Waals surface area contributed by atoms with E-state index < -0.39 is 0 Å². The number of aromatic amines is 1. The zero-order valence-electron chi connectivity index (χ0n) is 11.1. The number of nitro groups is 1. The van der Waals surface area contributed by atoms with Crippen molar-refractivity contribution in [2.75, 3.05) is 0 Å². The van der Waals surface area contributed by atoms with Gasteiger partial charge in [0.1, 0.15) is 5.75 Å². The zero-order chi connectivity index (χ0) is 14.6. The summed E-state index contributed by atoms with van der Waals surface area (Å²) in [5, 5.41) is 21.8. The van der Waals surface area contributed by atoms with E-state index in [1.165, 1.54) is 6.07 Å². The monoisotopic (exact) mass is 280 g/mol. The SMILES string of the molecule is O=[N+]([O-])c1ccc2[nH]c3c(c2c1)CCc1c(O)cccc1-3. The van der Waals surface area contributed by atoms with Crippen LogP contribution in [0.2, 0.25) is 0 Å². The first-order chi connectivity index (χ1) is 10.1. The van der Waals surface area contributed by atoms with Crippen molar-refractivity contribution in [3.63, 3.8) is 0 Å². The van der Waals surface area contributed by atoms with Gasteiger partial charge in [-0.25, -0.2) is 0 Å². The minimum Gasteiger partial charge on any atom is -0.508 e. The Morgan fingerprint density at radius 3 is 2.76 bits per heavy atom. The Labute approximate surface area is 120 Å². The summed E-state index contributed by atoms with van der Waals surface area (Å²) < 4.78 is 0. The molecule has 21 heavy (non-hydrogen) atoms. The number of nitrogens with one attached hydrogen (secondary N) is 1. The minimum absolute atomic E-state index is 0.103. The van der Waals surface area contributed by atoms with E-state index in [9.17, 15) is 15.2 Å². The fourth-order valence-corrected chi connectivity index (χ4v) is 3.16. The number of phenols is 1. The topological polar surface area (TPSA) is 79.2 Å². The molecule has 1 heterocycles. The van der Waals surface area contributed by atoms with Crippen LogP contribution >= 0.6 is 0 Å². The van der Waals surface area contributed by atoms with Gasteiger partial charge in [-0.1, -0.05) is 12.1 Å². The van der Waals surface area contributed by atoms with E-state index >= 15 is 0 Å². The summed E-state index contributed by atoms with van der Waals surface area (Å²) >= 11 is 0. The van der Waals surface area contributed by atoms with Crippen LogP contribution in [0.4, 0.5) is 5.69 Å². The quantitative estimate of drug-likeness (QED) is 0.528. The molecule has 0 aliphatic heterocycles. The molecule has 4 rings (SSSR count). The van der Waals surface area contributed by atoms with Crippen molar-refractivity contribution in [1.29, 1.82) is 0 Å². The molecule has 0 saturated carbocycles. The maximum absolute atomic E-state index is 10.9. The van der Waals surface area contributed by atoms with Gasteiger partial charge in [-0.2, -0.15) is 0 Å². The lowest BCUT2D eigenvalue weighted by molar-refractivity contribution is -0.384. The van der Waals surface area contributed by atoms with Gasteiger partial charge < -0.3 is 10.1 Å². The minimum atomic E-state index is -0.374. The van der Waals surface area contributed by atoms with E-state index in [0.29, 0.717) is 5.75 Å². The second kappa shape index (κ2) is 4.09. The molecule has 2 aromatic carbocycles. The Morgan fingerprint density at radius 1 is 1.14 bits per heavy atom. The standard InChI is InChI=1S/C16H12N2O3/c19-15-3-1-2-11-10(15)5-6-12-13-8-9(18(20)21)4-7-14(13)17-16(11)12/h1-4,7-8,17,19H,5-6H2. The van der Waals surface area contributed by atoms with Crippen LogP contribution in [-0.4, -0.2) is 15.0 Å². The van der Waals surface area contributed by atoms with Gasteiger partial charge in [0, 0.05) is 34.2 Å². The van der Waals surface area contributed by atoms with Crippen LogP contribution in [0.5, 0.6) is 5.75 Å². The summed E-state index contributed by atoms with van der Waals surface area (Å²) in [6.07, 6.45) is 1.51. The summed E-state index contributed by atoms with van der Waals surface area (Å²) in [6, 6.07) is 10.4. The normalized spacial score (nSPS) is 13.0. The lowest BCUT2D eigenvalue weighted by atomic mass is 9.88.